The molecule has 0 bridgehead atoms. The van der Waals surface area contributed by atoms with E-state index < -0.39 is 6.10 Å². The van der Waals surface area contributed by atoms with Crippen molar-refractivity contribution in [1.82, 2.24) is 0 Å². The van der Waals surface area contributed by atoms with Gasteiger partial charge in [0.1, 0.15) is 6.10 Å². The van der Waals surface area contributed by atoms with Crippen molar-refractivity contribution in [2.75, 3.05) is 19.7 Å². The Morgan fingerprint density at radius 2 is 1.50 bits per heavy atom. The molecular formula is C11H20N2O5. The number of rotatable bonds is 9. The lowest BCUT2D eigenvalue weighted by atomic mass is 10.2. The summed E-state index contributed by atoms with van der Waals surface area (Å²) in [6.07, 6.45) is 6.35. The van der Waals surface area contributed by atoms with E-state index in [0.717, 1.165) is 25.7 Å². The lowest BCUT2D eigenvalue weighted by molar-refractivity contribution is -0.279. The number of aliphatic imine (C=N–C) groups is 2. The van der Waals surface area contributed by atoms with Crippen LogP contribution in [0.1, 0.15) is 32.6 Å². The molecule has 7 heteroatoms. The summed E-state index contributed by atoms with van der Waals surface area (Å²) in [4.78, 5) is 29.7. The van der Waals surface area contributed by atoms with Crippen LogP contribution in [0.25, 0.3) is 0 Å². The van der Waals surface area contributed by atoms with Crippen molar-refractivity contribution in [3.8, 4) is 0 Å². The maximum absolute atomic E-state index is 9.63. The standard InChI is InChI=1S/C8H12N2O2.C3H8O3/c11-7-9-5-3-1-2-4-6-10-8-12;1-3(2-4)6-5/h1-6H2;3-5H,2H2,1H3. The monoisotopic (exact) mass is 260 g/mol. The largest absolute Gasteiger partial charge is 0.394 e. The number of isocyanates is 2. The average molecular weight is 260 g/mol. The van der Waals surface area contributed by atoms with E-state index in [1.807, 2.05) is 0 Å². The van der Waals surface area contributed by atoms with Crippen LogP contribution in [0.4, 0.5) is 0 Å². The first-order valence-electron chi connectivity index (χ1n) is 5.71. The zero-order valence-corrected chi connectivity index (χ0v) is 10.5. The van der Waals surface area contributed by atoms with Gasteiger partial charge in [0.05, 0.1) is 19.7 Å². The van der Waals surface area contributed by atoms with Gasteiger partial charge in [-0.3, -0.25) is 5.26 Å². The van der Waals surface area contributed by atoms with Gasteiger partial charge in [-0.2, -0.15) is 0 Å². The van der Waals surface area contributed by atoms with Crippen LogP contribution in [-0.2, 0) is 14.5 Å². The zero-order chi connectivity index (χ0) is 14.1. The Kier molecular flexibility index (Phi) is 19.0. The van der Waals surface area contributed by atoms with E-state index in [1.54, 1.807) is 6.92 Å². The summed E-state index contributed by atoms with van der Waals surface area (Å²) in [5, 5.41) is 15.7. The number of aliphatic hydroxyl groups excluding tert-OH is 1. The minimum atomic E-state index is -0.454. The molecule has 18 heavy (non-hydrogen) atoms. The SMILES string of the molecule is CC(CO)OO.O=C=NCCCCCCN=C=O. The minimum Gasteiger partial charge on any atom is -0.394 e. The number of carbonyl (C=O) groups excluding carboxylic acids is 2. The summed E-state index contributed by atoms with van der Waals surface area (Å²) < 4.78 is 0. The molecule has 0 saturated heterocycles. The van der Waals surface area contributed by atoms with Gasteiger partial charge >= 0.3 is 0 Å². The Balaban J connectivity index is 0. The highest BCUT2D eigenvalue weighted by Gasteiger charge is 1.92. The topological polar surface area (TPSA) is 109 Å². The molecule has 0 spiro atoms. The molecular weight excluding hydrogens is 240 g/mol. The summed E-state index contributed by atoms with van der Waals surface area (Å²) in [7, 11) is 0. The molecule has 0 aromatic heterocycles. The lowest BCUT2D eigenvalue weighted by Crippen LogP contribution is -2.09. The van der Waals surface area contributed by atoms with E-state index in [0.29, 0.717) is 13.1 Å². The quantitative estimate of drug-likeness (QED) is 0.212. The van der Waals surface area contributed by atoms with Crippen LogP contribution in [0.5, 0.6) is 0 Å². The number of hydrogen-bond donors (Lipinski definition) is 2. The fourth-order valence-electron chi connectivity index (χ4n) is 0.860. The predicted octanol–water partition coefficient (Wildman–Crippen LogP) is 1.08. The Hall–Kier alpha value is -1.36. The molecule has 0 saturated carbocycles. The molecule has 0 amide bonds. The first-order valence-corrected chi connectivity index (χ1v) is 5.71. The van der Waals surface area contributed by atoms with E-state index in [-0.39, 0.29) is 6.61 Å². The van der Waals surface area contributed by atoms with Crippen LogP contribution in [0, 0.1) is 0 Å². The first-order chi connectivity index (χ1) is 8.72. The summed E-state index contributed by atoms with van der Waals surface area (Å²) >= 11 is 0. The van der Waals surface area contributed by atoms with Gasteiger partial charge in [0.2, 0.25) is 12.2 Å². The first kappa shape index (κ1) is 19.0. The second kappa shape index (κ2) is 18.0. The van der Waals surface area contributed by atoms with E-state index >= 15 is 0 Å². The number of aliphatic hydroxyl groups is 1. The predicted molar refractivity (Wildman–Crippen MR) is 64.7 cm³/mol. The van der Waals surface area contributed by atoms with Gasteiger partial charge in [0, 0.05) is 0 Å². The molecule has 2 N–H and O–H groups in total. The van der Waals surface area contributed by atoms with Gasteiger partial charge in [0.15, 0.2) is 0 Å². The normalized spacial score (nSPS) is 10.4. The van der Waals surface area contributed by atoms with Crippen molar-refractivity contribution in [3.63, 3.8) is 0 Å². The van der Waals surface area contributed by atoms with Crippen molar-refractivity contribution in [2.45, 2.75) is 38.7 Å². The Labute approximate surface area is 106 Å². The Morgan fingerprint density at radius 1 is 1.06 bits per heavy atom. The molecule has 0 radical (unpaired) electrons. The van der Waals surface area contributed by atoms with Crippen LogP contribution in [0.3, 0.4) is 0 Å². The Morgan fingerprint density at radius 3 is 1.72 bits per heavy atom. The molecule has 0 aliphatic rings. The van der Waals surface area contributed by atoms with Gasteiger partial charge in [-0.05, 0) is 19.8 Å². The smallest absolute Gasteiger partial charge is 0.234 e. The summed E-state index contributed by atoms with van der Waals surface area (Å²) in [6.45, 7) is 2.53. The molecule has 0 rings (SSSR count). The van der Waals surface area contributed by atoms with Crippen LogP contribution >= 0.6 is 0 Å². The van der Waals surface area contributed by atoms with Crippen molar-refractivity contribution >= 4 is 12.2 Å². The second-order valence-electron chi connectivity index (χ2n) is 3.46. The van der Waals surface area contributed by atoms with Gasteiger partial charge in [0.25, 0.3) is 0 Å². The fourth-order valence-corrected chi connectivity index (χ4v) is 0.860. The minimum absolute atomic E-state index is 0.142. The van der Waals surface area contributed by atoms with E-state index in [9.17, 15) is 9.59 Å². The van der Waals surface area contributed by atoms with E-state index in [4.69, 9.17) is 10.4 Å². The molecule has 0 aliphatic carbocycles. The van der Waals surface area contributed by atoms with Crippen molar-refractivity contribution in [2.24, 2.45) is 9.98 Å². The lowest BCUT2D eigenvalue weighted by Gasteiger charge is -1.97. The molecule has 0 aromatic rings. The molecule has 0 aliphatic heterocycles. The van der Waals surface area contributed by atoms with Gasteiger partial charge in [-0.1, -0.05) is 12.8 Å². The highest BCUT2D eigenvalue weighted by Crippen LogP contribution is 1.99. The van der Waals surface area contributed by atoms with Gasteiger partial charge < -0.3 is 5.11 Å². The summed E-state index contributed by atoms with van der Waals surface area (Å²) in [5.41, 5.74) is 0. The van der Waals surface area contributed by atoms with Crippen LogP contribution in [0.2, 0.25) is 0 Å². The summed E-state index contributed by atoms with van der Waals surface area (Å²) in [6, 6.07) is 0. The van der Waals surface area contributed by atoms with Gasteiger partial charge in [-0.15, -0.1) is 0 Å². The fraction of sp³-hybridized carbons (Fsp3) is 0.818. The maximum atomic E-state index is 9.63. The highest BCUT2D eigenvalue weighted by atomic mass is 17.1. The van der Waals surface area contributed by atoms with Crippen molar-refractivity contribution in [1.29, 1.82) is 0 Å². The van der Waals surface area contributed by atoms with E-state index in [1.165, 1.54) is 12.2 Å². The third-order valence-electron chi connectivity index (χ3n) is 1.86. The van der Waals surface area contributed by atoms with Crippen molar-refractivity contribution < 1.29 is 24.8 Å². The number of hydrogen-bond acceptors (Lipinski definition) is 7. The molecule has 104 valence electrons. The van der Waals surface area contributed by atoms with Crippen LogP contribution in [0.15, 0.2) is 9.98 Å². The second-order valence-corrected chi connectivity index (χ2v) is 3.46. The third-order valence-corrected chi connectivity index (χ3v) is 1.86. The van der Waals surface area contributed by atoms with E-state index in [2.05, 4.69) is 14.9 Å². The highest BCUT2D eigenvalue weighted by molar-refractivity contribution is 5.32. The number of nitrogens with zero attached hydrogens (tertiary/aromatic N) is 2. The van der Waals surface area contributed by atoms with Crippen LogP contribution < -0.4 is 0 Å². The molecule has 0 aromatic carbocycles. The number of unbranched alkanes of at least 4 members (excludes halogenated alkanes) is 3. The summed E-state index contributed by atoms with van der Waals surface area (Å²) in [5.74, 6) is 0. The molecule has 0 fully saturated rings. The molecule has 7 nitrogen and oxygen atoms in total. The molecule has 0 heterocycles. The Bertz CT molecular complexity index is 234. The average Bonchev–Trinajstić information content (AvgIpc) is 2.41. The maximum Gasteiger partial charge on any atom is 0.234 e. The third kappa shape index (κ3) is 20.1. The molecule has 1 atom stereocenters. The van der Waals surface area contributed by atoms with Crippen LogP contribution in [-0.4, -0.2) is 48.3 Å². The molecule has 1 unspecified atom stereocenters. The zero-order valence-electron chi connectivity index (χ0n) is 10.5. The van der Waals surface area contributed by atoms with Gasteiger partial charge in [-0.25, -0.2) is 24.5 Å². The van der Waals surface area contributed by atoms with Crippen molar-refractivity contribution in [3.05, 3.63) is 0 Å².